The highest BCUT2D eigenvalue weighted by atomic mass is 19.4. The number of nitrogens with two attached hydrogens (primary N) is 1. The molecule has 1 amide bonds. The highest BCUT2D eigenvalue weighted by Gasteiger charge is 2.21. The monoisotopic (exact) mass is 139 g/mol. The third-order valence-corrected chi connectivity index (χ3v) is 0.437. The van der Waals surface area contributed by atoms with Gasteiger partial charge in [-0.25, -0.2) is 0 Å². The smallest absolute Gasteiger partial charge is 0.366 e. The molecule has 0 fully saturated rings. The number of amides is 1. The van der Waals surface area contributed by atoms with Gasteiger partial charge in [0.2, 0.25) is 5.91 Å². The van der Waals surface area contributed by atoms with Gasteiger partial charge in [0.15, 0.2) is 0 Å². The van der Waals surface area contributed by atoms with Crippen molar-refractivity contribution in [2.24, 2.45) is 5.73 Å². The number of hydrogen-bond donors (Lipinski definition) is 1. The lowest BCUT2D eigenvalue weighted by atomic mass is 10.5. The van der Waals surface area contributed by atoms with E-state index >= 15 is 0 Å². The summed E-state index contributed by atoms with van der Waals surface area (Å²) in [6.45, 7) is 0. The number of halogens is 3. The maximum atomic E-state index is 11.1. The Morgan fingerprint density at radius 1 is 1.44 bits per heavy atom. The van der Waals surface area contributed by atoms with Crippen molar-refractivity contribution in [3.05, 3.63) is 12.2 Å². The lowest BCUT2D eigenvalue weighted by molar-refractivity contribution is -0.114. The molecule has 0 aliphatic rings. The fourth-order valence-electron chi connectivity index (χ4n) is 0.177. The van der Waals surface area contributed by atoms with E-state index in [0.29, 0.717) is 0 Å². The molecular formula is C4H4F3NO. The Morgan fingerprint density at radius 2 is 1.89 bits per heavy atom. The second kappa shape index (κ2) is 2.52. The fourth-order valence-corrected chi connectivity index (χ4v) is 0.177. The summed E-state index contributed by atoms with van der Waals surface area (Å²) in [6.07, 6.45) is -4.40. The normalized spacial score (nSPS) is 12.3. The molecule has 0 unspecified atom stereocenters. The number of hydrogen-bond acceptors (Lipinski definition) is 1. The quantitative estimate of drug-likeness (QED) is 0.531. The summed E-state index contributed by atoms with van der Waals surface area (Å²) in [5.41, 5.74) is 4.37. The number of primary amides is 1. The van der Waals surface area contributed by atoms with Crippen molar-refractivity contribution in [3.63, 3.8) is 0 Å². The molecule has 0 aromatic heterocycles. The molecule has 2 nitrogen and oxygen atoms in total. The molecule has 0 radical (unpaired) electrons. The van der Waals surface area contributed by atoms with Crippen LogP contribution < -0.4 is 5.73 Å². The molecule has 52 valence electrons. The molecule has 0 saturated heterocycles. The van der Waals surface area contributed by atoms with Crippen LogP contribution in [0, 0.1) is 0 Å². The van der Waals surface area contributed by atoms with E-state index in [4.69, 9.17) is 0 Å². The Bertz CT molecular complexity index is 137. The highest BCUT2D eigenvalue weighted by Crippen LogP contribution is 2.15. The van der Waals surface area contributed by atoms with E-state index in [1.54, 1.807) is 0 Å². The highest BCUT2D eigenvalue weighted by molar-refractivity contribution is 5.85. The molecule has 9 heavy (non-hydrogen) atoms. The molecule has 5 heteroatoms. The molecular weight excluding hydrogens is 135 g/mol. The van der Waals surface area contributed by atoms with Crippen molar-refractivity contribution in [2.45, 2.75) is 6.18 Å². The maximum Gasteiger partial charge on any atom is 0.409 e. The van der Waals surface area contributed by atoms with E-state index in [1.807, 2.05) is 0 Å². The van der Waals surface area contributed by atoms with Gasteiger partial charge in [0.25, 0.3) is 0 Å². The molecule has 0 aliphatic heterocycles. The summed E-state index contributed by atoms with van der Waals surface area (Å²) in [7, 11) is 0. The van der Waals surface area contributed by atoms with E-state index in [1.165, 1.54) is 0 Å². The minimum absolute atomic E-state index is 0.213. The number of carbonyl (C=O) groups excluding carboxylic acids is 1. The van der Waals surface area contributed by atoms with Gasteiger partial charge >= 0.3 is 6.18 Å². The third kappa shape index (κ3) is 7.00. The summed E-state index contributed by atoms with van der Waals surface area (Å²) in [5.74, 6) is -1.10. The molecule has 0 aromatic carbocycles. The Morgan fingerprint density at radius 3 is 2.00 bits per heavy atom. The van der Waals surface area contributed by atoms with Gasteiger partial charge < -0.3 is 5.73 Å². The summed E-state index contributed by atoms with van der Waals surface area (Å²) in [6, 6.07) is 0. The van der Waals surface area contributed by atoms with Crippen LogP contribution >= 0.6 is 0 Å². The predicted octanol–water partition coefficient (Wildman–Crippen LogP) is 0.590. The average Bonchev–Trinajstić information content (AvgIpc) is 1.59. The summed E-state index contributed by atoms with van der Waals surface area (Å²) >= 11 is 0. The molecule has 0 heterocycles. The van der Waals surface area contributed by atoms with E-state index in [-0.39, 0.29) is 12.2 Å². The van der Waals surface area contributed by atoms with Crippen molar-refractivity contribution in [2.75, 3.05) is 0 Å². The van der Waals surface area contributed by atoms with E-state index in [0.717, 1.165) is 0 Å². The van der Waals surface area contributed by atoms with Gasteiger partial charge in [-0.05, 0) is 0 Å². The van der Waals surface area contributed by atoms with Gasteiger partial charge in [-0.15, -0.1) is 0 Å². The van der Waals surface area contributed by atoms with Crippen molar-refractivity contribution >= 4 is 5.91 Å². The topological polar surface area (TPSA) is 43.1 Å². The van der Waals surface area contributed by atoms with Crippen LogP contribution in [0.4, 0.5) is 13.2 Å². The first-order chi connectivity index (χ1) is 3.92. The van der Waals surface area contributed by atoms with Gasteiger partial charge in [-0.3, -0.25) is 4.79 Å². The fraction of sp³-hybridized carbons (Fsp3) is 0.250. The lowest BCUT2D eigenvalue weighted by Crippen LogP contribution is -2.09. The van der Waals surface area contributed by atoms with Gasteiger partial charge in [0.05, 0.1) is 0 Å². The zero-order valence-electron chi connectivity index (χ0n) is 4.27. The van der Waals surface area contributed by atoms with E-state index < -0.39 is 12.1 Å². The molecule has 0 aromatic rings. The largest absolute Gasteiger partial charge is 0.409 e. The third-order valence-electron chi connectivity index (χ3n) is 0.437. The molecule has 2 N–H and O–H groups in total. The standard InChI is InChI=1S/C4H4F3NO/c5-4(6,7)2-1-3(8)9/h1-2H,(H2,8,9)/b2-1+. The molecule has 0 atom stereocenters. The number of carbonyl (C=O) groups is 1. The first-order valence-corrected chi connectivity index (χ1v) is 1.97. The van der Waals surface area contributed by atoms with Crippen LogP contribution in [0.5, 0.6) is 0 Å². The van der Waals surface area contributed by atoms with Crippen molar-refractivity contribution < 1.29 is 18.0 Å². The molecule has 0 aliphatic carbocycles. The van der Waals surface area contributed by atoms with E-state index in [9.17, 15) is 18.0 Å². The van der Waals surface area contributed by atoms with Crippen molar-refractivity contribution in [1.82, 2.24) is 0 Å². The van der Waals surface area contributed by atoms with E-state index in [2.05, 4.69) is 5.73 Å². The van der Waals surface area contributed by atoms with Crippen LogP contribution in [0.2, 0.25) is 0 Å². The minimum atomic E-state index is -4.45. The van der Waals surface area contributed by atoms with Crippen LogP contribution in [0.3, 0.4) is 0 Å². The molecule has 0 bridgehead atoms. The lowest BCUT2D eigenvalue weighted by Gasteiger charge is -1.94. The van der Waals surface area contributed by atoms with Gasteiger partial charge in [-0.2, -0.15) is 13.2 Å². The van der Waals surface area contributed by atoms with Gasteiger partial charge in [0.1, 0.15) is 0 Å². The first kappa shape index (κ1) is 8.00. The van der Waals surface area contributed by atoms with Gasteiger partial charge in [-0.1, -0.05) is 0 Å². The van der Waals surface area contributed by atoms with Crippen molar-refractivity contribution in [1.29, 1.82) is 0 Å². The maximum absolute atomic E-state index is 11.1. The Kier molecular flexibility index (Phi) is 2.24. The van der Waals surface area contributed by atoms with Crippen molar-refractivity contribution in [3.8, 4) is 0 Å². The second-order valence-corrected chi connectivity index (χ2v) is 1.28. The average molecular weight is 139 g/mol. The minimum Gasteiger partial charge on any atom is -0.366 e. The SMILES string of the molecule is NC(=O)/C=C/C(F)(F)F. The zero-order chi connectivity index (χ0) is 7.49. The van der Waals surface area contributed by atoms with Crippen LogP contribution in [0.25, 0.3) is 0 Å². The number of allylic oxidation sites excluding steroid dienone is 1. The Balaban J connectivity index is 3.86. The van der Waals surface area contributed by atoms with Crippen LogP contribution in [-0.2, 0) is 4.79 Å². The number of rotatable bonds is 1. The van der Waals surface area contributed by atoms with Gasteiger partial charge in [0, 0.05) is 12.2 Å². The molecule has 0 saturated carbocycles. The van der Waals surface area contributed by atoms with Crippen LogP contribution in [0.1, 0.15) is 0 Å². The Labute approximate surface area is 49.1 Å². The first-order valence-electron chi connectivity index (χ1n) is 1.97. The predicted molar refractivity (Wildman–Crippen MR) is 24.4 cm³/mol. The summed E-state index contributed by atoms with van der Waals surface area (Å²) in [4.78, 5) is 9.68. The summed E-state index contributed by atoms with van der Waals surface area (Å²) in [5, 5.41) is 0. The summed E-state index contributed by atoms with van der Waals surface area (Å²) < 4.78 is 33.4. The molecule has 0 spiro atoms. The van der Waals surface area contributed by atoms with Crippen LogP contribution in [0.15, 0.2) is 12.2 Å². The second-order valence-electron chi connectivity index (χ2n) is 1.28. The molecule has 0 rings (SSSR count). The Hall–Kier alpha value is -1.00. The zero-order valence-corrected chi connectivity index (χ0v) is 4.27. The number of alkyl halides is 3. The van der Waals surface area contributed by atoms with Crippen LogP contribution in [-0.4, -0.2) is 12.1 Å².